The zero-order valence-corrected chi connectivity index (χ0v) is 11.4. The number of hydrogen-bond donors (Lipinski definition) is 1. The van der Waals surface area contributed by atoms with E-state index in [-0.39, 0.29) is 11.6 Å². The first-order valence-electron chi connectivity index (χ1n) is 5.84. The molecule has 2 rings (SSSR count). The fourth-order valence-corrected chi connectivity index (χ4v) is 2.32. The summed E-state index contributed by atoms with van der Waals surface area (Å²) in [6.07, 6.45) is 0. The number of aliphatic imine (C=N–C) groups is 1. The van der Waals surface area contributed by atoms with E-state index in [4.69, 9.17) is 16.3 Å². The summed E-state index contributed by atoms with van der Waals surface area (Å²) in [5.41, 5.74) is 0.809. The fraction of sp³-hybridized carbons (Fsp3) is 0.308. The summed E-state index contributed by atoms with van der Waals surface area (Å²) in [6, 6.07) is 4.22. The van der Waals surface area contributed by atoms with Crippen LogP contribution in [0.15, 0.2) is 29.3 Å². The first-order chi connectivity index (χ1) is 9.56. The molecule has 0 radical (unpaired) electrons. The largest absolute Gasteiger partial charge is 0.468 e. The summed E-state index contributed by atoms with van der Waals surface area (Å²) < 4.78 is 17.7. The van der Waals surface area contributed by atoms with Crippen molar-refractivity contribution in [2.75, 3.05) is 13.0 Å². The smallest absolute Gasteiger partial charge is 0.341 e. The Morgan fingerprint density at radius 3 is 2.65 bits per heavy atom. The number of benzene rings is 1. The van der Waals surface area contributed by atoms with E-state index in [2.05, 4.69) is 10.3 Å². The summed E-state index contributed by atoms with van der Waals surface area (Å²) in [5, 5.41) is 2.57. The number of nitrogens with zero attached hydrogens (tertiary/aromatic N) is 1. The molecule has 1 aromatic carbocycles. The maximum absolute atomic E-state index is 13.0. The van der Waals surface area contributed by atoms with Crippen molar-refractivity contribution in [2.24, 2.45) is 10.9 Å². The van der Waals surface area contributed by atoms with Crippen LogP contribution in [-0.2, 0) is 9.53 Å². The monoisotopic (exact) mass is 298 g/mol. The molecule has 1 N–H and O–H groups in total. The molecule has 5 nitrogen and oxygen atoms in total. The van der Waals surface area contributed by atoms with Crippen LogP contribution in [0.5, 0.6) is 0 Å². The number of carbonyl (C=O) groups excluding carboxylic acids is 2. The van der Waals surface area contributed by atoms with Crippen molar-refractivity contribution in [1.29, 1.82) is 0 Å². The van der Waals surface area contributed by atoms with Crippen molar-refractivity contribution in [2.45, 2.75) is 6.04 Å². The minimum atomic E-state index is -0.819. The van der Waals surface area contributed by atoms with Gasteiger partial charge in [-0.15, -0.1) is 11.6 Å². The van der Waals surface area contributed by atoms with Gasteiger partial charge in [0.1, 0.15) is 11.7 Å². The molecule has 0 saturated carbocycles. The van der Waals surface area contributed by atoms with E-state index in [0.717, 1.165) is 0 Å². The second-order valence-corrected chi connectivity index (χ2v) is 4.48. The van der Waals surface area contributed by atoms with Crippen molar-refractivity contribution >= 4 is 29.3 Å². The van der Waals surface area contributed by atoms with Gasteiger partial charge in [-0.1, -0.05) is 12.1 Å². The van der Waals surface area contributed by atoms with Crippen LogP contribution in [0.2, 0.25) is 0 Å². The fourth-order valence-electron chi connectivity index (χ4n) is 2.10. The number of alkyl halides is 1. The molecule has 106 valence electrons. The molecule has 0 spiro atoms. The zero-order chi connectivity index (χ0) is 14.7. The first kappa shape index (κ1) is 14.5. The van der Waals surface area contributed by atoms with Gasteiger partial charge in [0, 0.05) is 0 Å². The van der Waals surface area contributed by atoms with Crippen LogP contribution in [0.4, 0.5) is 9.18 Å². The molecular formula is C13H12ClFN2O3. The van der Waals surface area contributed by atoms with Gasteiger partial charge in [-0.05, 0) is 17.7 Å². The Balaban J connectivity index is 2.43. The molecule has 20 heavy (non-hydrogen) atoms. The Labute approximate surface area is 119 Å². The second kappa shape index (κ2) is 6.00. The molecule has 1 aliphatic heterocycles. The quantitative estimate of drug-likeness (QED) is 0.686. The van der Waals surface area contributed by atoms with Gasteiger partial charge in [0.2, 0.25) is 0 Å². The van der Waals surface area contributed by atoms with Gasteiger partial charge >= 0.3 is 12.0 Å². The van der Waals surface area contributed by atoms with Crippen LogP contribution in [0.3, 0.4) is 0 Å². The summed E-state index contributed by atoms with van der Waals surface area (Å²) >= 11 is 5.74. The van der Waals surface area contributed by atoms with E-state index in [9.17, 15) is 14.0 Å². The maximum Gasteiger partial charge on any atom is 0.341 e. The average molecular weight is 299 g/mol. The number of ether oxygens (including phenoxy) is 1. The van der Waals surface area contributed by atoms with Crippen LogP contribution in [0.1, 0.15) is 11.6 Å². The van der Waals surface area contributed by atoms with Crippen LogP contribution in [0.25, 0.3) is 0 Å². The highest BCUT2D eigenvalue weighted by molar-refractivity contribution is 6.32. The van der Waals surface area contributed by atoms with Crippen LogP contribution in [-0.4, -0.2) is 30.7 Å². The average Bonchev–Trinajstić information content (AvgIpc) is 2.46. The van der Waals surface area contributed by atoms with Gasteiger partial charge < -0.3 is 10.1 Å². The molecule has 2 amide bonds. The van der Waals surface area contributed by atoms with Gasteiger partial charge in [0.15, 0.2) is 0 Å². The molecule has 0 aromatic heterocycles. The van der Waals surface area contributed by atoms with Gasteiger partial charge in [-0.2, -0.15) is 0 Å². The number of urea groups is 1. The number of methoxy groups -OCH3 is 1. The number of rotatable bonds is 3. The number of esters is 1. The summed E-state index contributed by atoms with van der Waals surface area (Å²) in [5.74, 6) is -1.85. The minimum absolute atomic E-state index is 0.0646. The molecule has 1 aromatic rings. The zero-order valence-electron chi connectivity index (χ0n) is 10.6. The molecule has 2 atom stereocenters. The predicted molar refractivity (Wildman–Crippen MR) is 71.3 cm³/mol. The highest BCUT2D eigenvalue weighted by Crippen LogP contribution is 2.28. The lowest BCUT2D eigenvalue weighted by molar-refractivity contribution is -0.143. The highest BCUT2D eigenvalue weighted by atomic mass is 35.5. The second-order valence-electron chi connectivity index (χ2n) is 4.22. The van der Waals surface area contributed by atoms with Crippen LogP contribution in [0, 0.1) is 11.7 Å². The number of halogens is 2. The Hall–Kier alpha value is -1.95. The Bertz CT molecular complexity index is 559. The first-order valence-corrected chi connectivity index (χ1v) is 6.37. The van der Waals surface area contributed by atoms with Gasteiger partial charge in [-0.25, -0.2) is 14.2 Å². The molecule has 1 aliphatic rings. The number of carbonyl (C=O) groups is 2. The van der Waals surface area contributed by atoms with E-state index < -0.39 is 29.8 Å². The Kier molecular flexibility index (Phi) is 4.34. The Morgan fingerprint density at radius 2 is 2.10 bits per heavy atom. The van der Waals surface area contributed by atoms with Crippen molar-refractivity contribution in [1.82, 2.24) is 5.32 Å². The van der Waals surface area contributed by atoms with Gasteiger partial charge in [-0.3, -0.25) is 4.79 Å². The third-order valence-corrected chi connectivity index (χ3v) is 3.31. The molecule has 0 aliphatic carbocycles. The molecule has 0 saturated heterocycles. The molecule has 1 heterocycles. The van der Waals surface area contributed by atoms with E-state index in [1.807, 2.05) is 0 Å². The summed E-state index contributed by atoms with van der Waals surface area (Å²) in [6.45, 7) is 0. The van der Waals surface area contributed by atoms with Gasteiger partial charge in [0.25, 0.3) is 0 Å². The lowest BCUT2D eigenvalue weighted by atomic mass is 9.88. The third kappa shape index (κ3) is 2.80. The van der Waals surface area contributed by atoms with Crippen molar-refractivity contribution < 1.29 is 18.7 Å². The molecular weight excluding hydrogens is 287 g/mol. The number of hydrogen-bond acceptors (Lipinski definition) is 3. The molecule has 0 fully saturated rings. The summed E-state index contributed by atoms with van der Waals surface area (Å²) in [7, 11) is 1.24. The van der Waals surface area contributed by atoms with E-state index >= 15 is 0 Å². The normalized spacial score (nSPS) is 21.9. The third-order valence-electron chi connectivity index (χ3n) is 3.04. The number of amides is 2. The van der Waals surface area contributed by atoms with Crippen molar-refractivity contribution in [3.8, 4) is 0 Å². The minimum Gasteiger partial charge on any atom is -0.468 e. The lowest BCUT2D eigenvalue weighted by Crippen LogP contribution is -2.45. The predicted octanol–water partition coefficient (Wildman–Crippen LogP) is 2.06. The van der Waals surface area contributed by atoms with Gasteiger partial charge in [0.05, 0.1) is 24.7 Å². The maximum atomic E-state index is 13.0. The highest BCUT2D eigenvalue weighted by Gasteiger charge is 2.39. The standard InChI is InChI=1S/C13H12ClFN2O3/c1-20-12(18)10-9(6-14)16-13(19)17-11(10)7-2-4-8(15)5-3-7/h2-5,10-11H,6H2,1H3,(H,17,19). The van der Waals surface area contributed by atoms with E-state index in [1.165, 1.54) is 31.4 Å². The SMILES string of the molecule is COC(=O)C1C(CCl)=NC(=O)NC1c1ccc(F)cc1. The Morgan fingerprint density at radius 1 is 1.45 bits per heavy atom. The molecule has 0 bridgehead atoms. The van der Waals surface area contributed by atoms with Crippen molar-refractivity contribution in [3.05, 3.63) is 35.6 Å². The molecule has 7 heteroatoms. The van der Waals surface area contributed by atoms with E-state index in [0.29, 0.717) is 5.56 Å². The van der Waals surface area contributed by atoms with Crippen LogP contribution >= 0.6 is 11.6 Å². The van der Waals surface area contributed by atoms with E-state index in [1.54, 1.807) is 0 Å². The van der Waals surface area contributed by atoms with Crippen molar-refractivity contribution in [3.63, 3.8) is 0 Å². The van der Waals surface area contributed by atoms with Crippen LogP contribution < -0.4 is 5.32 Å². The lowest BCUT2D eigenvalue weighted by Gasteiger charge is -2.29. The summed E-state index contributed by atoms with van der Waals surface area (Å²) in [4.78, 5) is 27.2. The molecule has 2 unspecified atom stereocenters. The number of nitrogens with one attached hydrogen (secondary N) is 1. The topological polar surface area (TPSA) is 67.8 Å².